The van der Waals surface area contributed by atoms with Gasteiger partial charge in [-0.25, -0.2) is 0 Å². The van der Waals surface area contributed by atoms with E-state index >= 15 is 0 Å². The summed E-state index contributed by atoms with van der Waals surface area (Å²) in [5.74, 6) is 1.31. The lowest BCUT2D eigenvalue weighted by molar-refractivity contribution is -0.121. The SMILES string of the molecule is CCOc1ccc(C(=O)CCC(=O)NCc2cccc(OCCN(C)C3CCOCC3)c2)cc1. The predicted octanol–water partition coefficient (Wildman–Crippen LogP) is 3.85. The standard InChI is InChI=1S/C27H36N2O5/c1-3-33-24-9-7-22(8-10-24)26(30)11-12-27(31)28-20-21-5-4-6-25(19-21)34-18-15-29(2)23-13-16-32-17-14-23/h4-10,19,23H,3,11-18,20H2,1-2H3,(H,28,31). The highest BCUT2D eigenvalue weighted by Gasteiger charge is 2.18. The fourth-order valence-electron chi connectivity index (χ4n) is 3.93. The number of benzene rings is 2. The molecule has 0 saturated carbocycles. The monoisotopic (exact) mass is 468 g/mol. The van der Waals surface area contributed by atoms with Gasteiger partial charge in [-0.1, -0.05) is 12.1 Å². The zero-order valence-electron chi connectivity index (χ0n) is 20.3. The van der Waals surface area contributed by atoms with E-state index in [2.05, 4.69) is 17.3 Å². The molecule has 3 rings (SSSR count). The summed E-state index contributed by atoms with van der Waals surface area (Å²) in [6.45, 7) is 6.02. The van der Waals surface area contributed by atoms with Crippen LogP contribution in [-0.2, 0) is 16.1 Å². The van der Waals surface area contributed by atoms with Crippen LogP contribution in [0.5, 0.6) is 11.5 Å². The number of rotatable bonds is 13. The van der Waals surface area contributed by atoms with Crippen LogP contribution in [0.1, 0.15) is 48.5 Å². The Morgan fingerprint density at radius 1 is 1.03 bits per heavy atom. The highest BCUT2D eigenvalue weighted by molar-refractivity contribution is 5.98. The molecule has 0 spiro atoms. The van der Waals surface area contributed by atoms with Crippen LogP contribution >= 0.6 is 0 Å². The maximum absolute atomic E-state index is 12.3. The minimum absolute atomic E-state index is 0.0562. The number of hydrogen-bond donors (Lipinski definition) is 1. The number of carbonyl (C=O) groups excluding carboxylic acids is 2. The first-order valence-electron chi connectivity index (χ1n) is 12.1. The molecule has 34 heavy (non-hydrogen) atoms. The molecule has 1 aliphatic rings. The molecule has 0 aromatic heterocycles. The van der Waals surface area contributed by atoms with Gasteiger partial charge >= 0.3 is 0 Å². The zero-order valence-corrected chi connectivity index (χ0v) is 20.3. The van der Waals surface area contributed by atoms with Crippen molar-refractivity contribution >= 4 is 11.7 Å². The van der Waals surface area contributed by atoms with E-state index in [1.54, 1.807) is 24.3 Å². The molecule has 2 aromatic rings. The molecule has 0 unspecified atom stereocenters. The van der Waals surface area contributed by atoms with Crippen molar-refractivity contribution < 1.29 is 23.8 Å². The van der Waals surface area contributed by atoms with E-state index in [0.717, 1.165) is 49.7 Å². The minimum Gasteiger partial charge on any atom is -0.494 e. The zero-order chi connectivity index (χ0) is 24.2. The van der Waals surface area contributed by atoms with Gasteiger partial charge in [-0.05, 0) is 68.8 Å². The average molecular weight is 469 g/mol. The highest BCUT2D eigenvalue weighted by atomic mass is 16.5. The van der Waals surface area contributed by atoms with Crippen LogP contribution in [0.4, 0.5) is 0 Å². The summed E-state index contributed by atoms with van der Waals surface area (Å²) >= 11 is 0. The van der Waals surface area contributed by atoms with Crippen LogP contribution in [0.3, 0.4) is 0 Å². The lowest BCUT2D eigenvalue weighted by Gasteiger charge is -2.31. The van der Waals surface area contributed by atoms with Crippen LogP contribution in [0.2, 0.25) is 0 Å². The Balaban J connectivity index is 1.36. The van der Waals surface area contributed by atoms with Crippen LogP contribution < -0.4 is 14.8 Å². The third kappa shape index (κ3) is 8.47. The van der Waals surface area contributed by atoms with E-state index in [9.17, 15) is 9.59 Å². The molecule has 1 N–H and O–H groups in total. The van der Waals surface area contributed by atoms with Gasteiger partial charge in [0.2, 0.25) is 5.91 Å². The quantitative estimate of drug-likeness (QED) is 0.450. The average Bonchev–Trinajstić information content (AvgIpc) is 2.87. The largest absolute Gasteiger partial charge is 0.494 e. The molecule has 0 aliphatic carbocycles. The van der Waals surface area contributed by atoms with Crippen molar-refractivity contribution in [2.75, 3.05) is 40.0 Å². The van der Waals surface area contributed by atoms with Crippen LogP contribution in [0.25, 0.3) is 0 Å². The first-order valence-corrected chi connectivity index (χ1v) is 12.1. The van der Waals surface area contributed by atoms with Gasteiger partial charge in [0.1, 0.15) is 18.1 Å². The van der Waals surface area contributed by atoms with E-state index in [-0.39, 0.29) is 24.5 Å². The fraction of sp³-hybridized carbons (Fsp3) is 0.481. The molecule has 1 aliphatic heterocycles. The molecule has 7 nitrogen and oxygen atoms in total. The Morgan fingerprint density at radius 3 is 2.53 bits per heavy atom. The number of nitrogens with one attached hydrogen (secondary N) is 1. The molecule has 184 valence electrons. The Bertz CT molecular complexity index is 909. The summed E-state index contributed by atoms with van der Waals surface area (Å²) in [6, 6.07) is 15.3. The molecule has 1 heterocycles. The molecule has 7 heteroatoms. The van der Waals surface area contributed by atoms with E-state index in [4.69, 9.17) is 14.2 Å². The molecule has 0 radical (unpaired) electrons. The molecule has 1 saturated heterocycles. The fourth-order valence-corrected chi connectivity index (χ4v) is 3.93. The number of ketones is 1. The first-order chi connectivity index (χ1) is 16.5. The first kappa shape index (κ1) is 25.7. The summed E-state index contributed by atoms with van der Waals surface area (Å²) < 4.78 is 16.7. The molecule has 0 bridgehead atoms. The molecular weight excluding hydrogens is 432 g/mol. The van der Waals surface area contributed by atoms with Gasteiger partial charge in [0, 0.05) is 50.8 Å². The number of amides is 1. The maximum Gasteiger partial charge on any atom is 0.220 e. The minimum atomic E-state index is -0.149. The van der Waals surface area contributed by atoms with Gasteiger partial charge in [0.15, 0.2) is 5.78 Å². The number of Topliss-reactive ketones (excluding diaryl/α,β-unsaturated/α-hetero) is 1. The van der Waals surface area contributed by atoms with Crippen molar-refractivity contribution in [3.05, 3.63) is 59.7 Å². The van der Waals surface area contributed by atoms with Crippen LogP contribution in [0, 0.1) is 0 Å². The second-order valence-electron chi connectivity index (χ2n) is 8.48. The van der Waals surface area contributed by atoms with Gasteiger partial charge < -0.3 is 19.5 Å². The number of hydrogen-bond acceptors (Lipinski definition) is 6. The summed E-state index contributed by atoms with van der Waals surface area (Å²) in [7, 11) is 2.13. The van der Waals surface area contributed by atoms with Gasteiger partial charge in [0.05, 0.1) is 6.61 Å². The van der Waals surface area contributed by atoms with Crippen LogP contribution in [-0.4, -0.2) is 62.7 Å². The summed E-state index contributed by atoms with van der Waals surface area (Å²) in [5, 5.41) is 2.89. The van der Waals surface area contributed by atoms with Crippen molar-refractivity contribution in [1.29, 1.82) is 0 Å². The number of nitrogens with zero attached hydrogens (tertiary/aromatic N) is 1. The molecule has 1 amide bonds. The van der Waals surface area contributed by atoms with Gasteiger partial charge in [-0.3, -0.25) is 14.5 Å². The summed E-state index contributed by atoms with van der Waals surface area (Å²) in [5.41, 5.74) is 1.55. The van der Waals surface area contributed by atoms with Crippen molar-refractivity contribution in [1.82, 2.24) is 10.2 Å². The van der Waals surface area contributed by atoms with Crippen molar-refractivity contribution in [3.8, 4) is 11.5 Å². The van der Waals surface area contributed by atoms with Gasteiger partial charge in [-0.15, -0.1) is 0 Å². The van der Waals surface area contributed by atoms with E-state index < -0.39 is 0 Å². The normalized spacial score (nSPS) is 14.1. The van der Waals surface area contributed by atoms with E-state index in [0.29, 0.717) is 31.4 Å². The second-order valence-corrected chi connectivity index (χ2v) is 8.48. The smallest absolute Gasteiger partial charge is 0.220 e. The lowest BCUT2D eigenvalue weighted by atomic mass is 10.1. The lowest BCUT2D eigenvalue weighted by Crippen LogP contribution is -2.38. The Hall–Kier alpha value is -2.90. The maximum atomic E-state index is 12.3. The molecular formula is C27H36N2O5. The Labute approximate surface area is 202 Å². The van der Waals surface area contributed by atoms with Crippen LogP contribution in [0.15, 0.2) is 48.5 Å². The molecule has 2 aromatic carbocycles. The second kappa shape index (κ2) is 13.7. The number of ether oxygens (including phenoxy) is 3. The molecule has 0 atom stereocenters. The number of likely N-dealkylation sites (N-methyl/N-ethyl adjacent to an activating group) is 1. The predicted molar refractivity (Wildman–Crippen MR) is 131 cm³/mol. The van der Waals surface area contributed by atoms with E-state index in [1.165, 1.54) is 0 Å². The number of carbonyl (C=O) groups is 2. The molecule has 1 fully saturated rings. The third-order valence-corrected chi connectivity index (χ3v) is 5.98. The van der Waals surface area contributed by atoms with Gasteiger partial charge in [0.25, 0.3) is 0 Å². The summed E-state index contributed by atoms with van der Waals surface area (Å²) in [4.78, 5) is 26.9. The third-order valence-electron chi connectivity index (χ3n) is 5.98. The van der Waals surface area contributed by atoms with E-state index in [1.807, 2.05) is 31.2 Å². The van der Waals surface area contributed by atoms with Crippen molar-refractivity contribution in [3.63, 3.8) is 0 Å². The van der Waals surface area contributed by atoms with Crippen molar-refractivity contribution in [2.24, 2.45) is 0 Å². The topological polar surface area (TPSA) is 77.1 Å². The summed E-state index contributed by atoms with van der Waals surface area (Å²) in [6.07, 6.45) is 2.46. The highest BCUT2D eigenvalue weighted by Crippen LogP contribution is 2.16. The Kier molecular flexibility index (Phi) is 10.4. The van der Waals surface area contributed by atoms with Crippen molar-refractivity contribution in [2.45, 2.75) is 45.2 Å². The Morgan fingerprint density at radius 2 is 1.79 bits per heavy atom. The van der Waals surface area contributed by atoms with Gasteiger partial charge in [-0.2, -0.15) is 0 Å².